The number of aliphatic hydroxyl groups is 2. The zero-order chi connectivity index (χ0) is 10.1. The summed E-state index contributed by atoms with van der Waals surface area (Å²) in [5.74, 6) is 0. The van der Waals surface area contributed by atoms with E-state index >= 15 is 0 Å². The largest absolute Gasteiger partial charge is 0.397 e. The molecule has 11 heavy (non-hydrogen) atoms. The molecule has 0 aromatic heterocycles. The van der Waals surface area contributed by atoms with E-state index in [0.717, 1.165) is 0 Å². The van der Waals surface area contributed by atoms with Gasteiger partial charge in [-0.05, 0) is 13.8 Å². The average Bonchev–Trinajstić information content (AvgIpc) is 1.96. The van der Waals surface area contributed by atoms with Crippen molar-refractivity contribution in [1.29, 1.82) is 0 Å². The smallest absolute Gasteiger partial charge is 0.0402 e. The number of aliphatic hydroxyl groups excluding tert-OH is 2. The second-order valence-corrected chi connectivity index (χ2v) is 1.04. The van der Waals surface area contributed by atoms with Crippen LogP contribution in [0.25, 0.3) is 0 Å². The lowest BCUT2D eigenvalue weighted by molar-refractivity contribution is 0.277. The van der Waals surface area contributed by atoms with E-state index in [1.54, 1.807) is 28.1 Å². The third-order valence-corrected chi connectivity index (χ3v) is 0. The number of methoxy groups -OCH3 is 1. The van der Waals surface area contributed by atoms with Gasteiger partial charge in [0.15, 0.2) is 0 Å². The molecule has 2 N–H and O–H groups in total. The second-order valence-electron chi connectivity index (χ2n) is 1.04. The van der Waals surface area contributed by atoms with Crippen LogP contribution in [0.15, 0.2) is 13.2 Å². The van der Waals surface area contributed by atoms with Crippen molar-refractivity contribution in [1.82, 2.24) is 0 Å². The van der Waals surface area contributed by atoms with Crippen LogP contribution in [0.4, 0.5) is 0 Å². The van der Waals surface area contributed by atoms with Crippen molar-refractivity contribution in [2.45, 2.75) is 13.8 Å². The zero-order valence-electron chi connectivity index (χ0n) is 8.13. The summed E-state index contributed by atoms with van der Waals surface area (Å²) in [6.45, 7) is 9.86. The molecule has 0 fully saturated rings. The van der Waals surface area contributed by atoms with Gasteiger partial charge in [-0.3, -0.25) is 0 Å². The van der Waals surface area contributed by atoms with E-state index in [4.69, 9.17) is 10.2 Å². The van der Waals surface area contributed by atoms with Gasteiger partial charge in [-0.25, -0.2) is 0 Å². The second kappa shape index (κ2) is 104. The van der Waals surface area contributed by atoms with Gasteiger partial charge in [0.05, 0.1) is 0 Å². The molecular formula is C8H22O3. The Morgan fingerprint density at radius 1 is 1.00 bits per heavy atom. The number of ether oxygens (including phenoxy) is 1. The van der Waals surface area contributed by atoms with E-state index in [2.05, 4.69) is 17.9 Å². The standard InChI is InChI=1S/3C2H6O.C2H4/c1-3-2;2*1-2-3;1-2/h1-2H3;2*3H,2H2,1H3;1-2H2. The molecule has 3 heteroatoms. The van der Waals surface area contributed by atoms with E-state index < -0.39 is 0 Å². The maximum Gasteiger partial charge on any atom is 0.0402 e. The Bertz CT molecular complexity index is 20.5. The van der Waals surface area contributed by atoms with Crippen LogP contribution in [-0.4, -0.2) is 37.6 Å². The van der Waals surface area contributed by atoms with Crippen LogP contribution in [0.1, 0.15) is 13.8 Å². The molecule has 0 unspecified atom stereocenters. The maximum absolute atomic E-state index is 7.57. The minimum Gasteiger partial charge on any atom is -0.397 e. The van der Waals surface area contributed by atoms with Gasteiger partial charge in [0.25, 0.3) is 0 Å². The molecule has 0 aromatic rings. The minimum absolute atomic E-state index is 0.250. The van der Waals surface area contributed by atoms with Gasteiger partial charge in [0.2, 0.25) is 0 Å². The predicted molar refractivity (Wildman–Crippen MR) is 49.7 cm³/mol. The third kappa shape index (κ3) is 3870. The summed E-state index contributed by atoms with van der Waals surface area (Å²) in [5.41, 5.74) is 0. The number of hydrogen-bond donors (Lipinski definition) is 2. The third-order valence-electron chi connectivity index (χ3n) is 0. The SMILES string of the molecule is C=C.CCO.CCO.COC. The van der Waals surface area contributed by atoms with Crippen molar-refractivity contribution in [3.8, 4) is 0 Å². The first-order chi connectivity index (χ1) is 5.24. The van der Waals surface area contributed by atoms with Crippen molar-refractivity contribution >= 4 is 0 Å². The molecule has 0 aliphatic heterocycles. The lowest BCUT2D eigenvalue weighted by atomic mass is 10.9. The highest BCUT2D eigenvalue weighted by Crippen LogP contribution is 1.30. The summed E-state index contributed by atoms with van der Waals surface area (Å²) >= 11 is 0. The Kier molecular flexibility index (Phi) is 212. The van der Waals surface area contributed by atoms with Crippen LogP contribution in [0.2, 0.25) is 0 Å². The fourth-order valence-electron chi connectivity index (χ4n) is 0. The molecule has 0 aliphatic carbocycles. The normalized spacial score (nSPS) is 5.27. The van der Waals surface area contributed by atoms with Gasteiger partial charge in [0.1, 0.15) is 0 Å². The van der Waals surface area contributed by atoms with Crippen LogP contribution in [0, 0.1) is 0 Å². The summed E-state index contributed by atoms with van der Waals surface area (Å²) < 4.78 is 4.25. The van der Waals surface area contributed by atoms with Gasteiger partial charge < -0.3 is 14.9 Å². The highest BCUT2D eigenvalue weighted by Gasteiger charge is 1.34. The predicted octanol–water partition coefficient (Wildman–Crippen LogP) is 1.06. The van der Waals surface area contributed by atoms with Crippen LogP contribution in [0.5, 0.6) is 0 Å². The Labute approximate surface area is 70.3 Å². The van der Waals surface area contributed by atoms with Crippen LogP contribution < -0.4 is 0 Å². The monoisotopic (exact) mass is 166 g/mol. The van der Waals surface area contributed by atoms with Crippen molar-refractivity contribution < 1.29 is 14.9 Å². The van der Waals surface area contributed by atoms with E-state index in [0.29, 0.717) is 0 Å². The fraction of sp³-hybridized carbons (Fsp3) is 0.750. The molecule has 0 radical (unpaired) electrons. The zero-order valence-corrected chi connectivity index (χ0v) is 8.13. The molecule has 0 saturated carbocycles. The maximum atomic E-state index is 7.57. The molecule has 0 saturated heterocycles. The lowest BCUT2D eigenvalue weighted by Gasteiger charge is -1.61. The van der Waals surface area contributed by atoms with Gasteiger partial charge in [-0.2, -0.15) is 0 Å². The van der Waals surface area contributed by atoms with Gasteiger partial charge >= 0.3 is 0 Å². The lowest BCUT2D eigenvalue weighted by Crippen LogP contribution is -1.57. The average molecular weight is 166 g/mol. The van der Waals surface area contributed by atoms with Crippen LogP contribution in [0.3, 0.4) is 0 Å². The van der Waals surface area contributed by atoms with Crippen molar-refractivity contribution in [3.63, 3.8) is 0 Å². The Hall–Kier alpha value is -0.380. The molecule has 72 valence electrons. The van der Waals surface area contributed by atoms with Crippen LogP contribution >= 0.6 is 0 Å². The van der Waals surface area contributed by atoms with E-state index in [1.807, 2.05) is 0 Å². The first-order valence-electron chi connectivity index (χ1n) is 3.36. The molecule has 0 atom stereocenters. The van der Waals surface area contributed by atoms with Gasteiger partial charge in [-0.1, -0.05) is 0 Å². The molecule has 0 amide bonds. The summed E-state index contributed by atoms with van der Waals surface area (Å²) in [7, 11) is 3.25. The highest BCUT2D eigenvalue weighted by atomic mass is 16.4. The number of hydrogen-bond acceptors (Lipinski definition) is 3. The molecule has 0 aliphatic rings. The highest BCUT2D eigenvalue weighted by molar-refractivity contribution is 4.22. The van der Waals surface area contributed by atoms with Gasteiger partial charge in [0, 0.05) is 27.4 Å². The number of rotatable bonds is 0. The summed E-state index contributed by atoms with van der Waals surface area (Å²) in [6, 6.07) is 0. The Morgan fingerprint density at radius 2 is 1.00 bits per heavy atom. The quantitative estimate of drug-likeness (QED) is 0.529. The fourth-order valence-corrected chi connectivity index (χ4v) is 0. The van der Waals surface area contributed by atoms with Crippen LogP contribution in [-0.2, 0) is 4.74 Å². The van der Waals surface area contributed by atoms with Crippen molar-refractivity contribution in [2.24, 2.45) is 0 Å². The van der Waals surface area contributed by atoms with E-state index in [-0.39, 0.29) is 13.2 Å². The Balaban J connectivity index is -0.0000000301. The van der Waals surface area contributed by atoms with Crippen molar-refractivity contribution in [2.75, 3.05) is 27.4 Å². The molecular weight excluding hydrogens is 144 g/mol. The Morgan fingerprint density at radius 3 is 1.00 bits per heavy atom. The summed E-state index contributed by atoms with van der Waals surface area (Å²) in [4.78, 5) is 0. The molecule has 0 bridgehead atoms. The molecule has 0 heterocycles. The molecule has 0 aromatic carbocycles. The van der Waals surface area contributed by atoms with Crippen molar-refractivity contribution in [3.05, 3.63) is 13.2 Å². The minimum atomic E-state index is 0.250. The van der Waals surface area contributed by atoms with E-state index in [9.17, 15) is 0 Å². The first kappa shape index (κ1) is 22.4. The van der Waals surface area contributed by atoms with Gasteiger partial charge in [-0.15, -0.1) is 13.2 Å². The topological polar surface area (TPSA) is 49.7 Å². The summed E-state index contributed by atoms with van der Waals surface area (Å²) in [5, 5.41) is 15.1. The molecule has 0 spiro atoms. The summed E-state index contributed by atoms with van der Waals surface area (Å²) in [6.07, 6.45) is 0. The molecule has 3 nitrogen and oxygen atoms in total. The first-order valence-corrected chi connectivity index (χ1v) is 3.36. The van der Waals surface area contributed by atoms with E-state index in [1.165, 1.54) is 0 Å². The molecule has 0 rings (SSSR count).